The van der Waals surface area contributed by atoms with Crippen molar-refractivity contribution in [1.29, 1.82) is 0 Å². The van der Waals surface area contributed by atoms with E-state index in [1.54, 1.807) is 18.9 Å². The minimum Gasteiger partial charge on any atom is -0.497 e. The summed E-state index contributed by atoms with van der Waals surface area (Å²) in [7, 11) is 1.65. The smallest absolute Gasteiger partial charge is 0.196 e. The summed E-state index contributed by atoms with van der Waals surface area (Å²) in [5.41, 5.74) is 4.01. The highest BCUT2D eigenvalue weighted by Crippen LogP contribution is 2.34. The number of nitrogens with zero attached hydrogens (tertiary/aromatic N) is 3. The van der Waals surface area contributed by atoms with E-state index in [-0.39, 0.29) is 0 Å². The van der Waals surface area contributed by atoms with Crippen LogP contribution >= 0.6 is 35.0 Å². The van der Waals surface area contributed by atoms with Crippen LogP contribution in [-0.4, -0.2) is 21.9 Å². The average Bonchev–Trinajstić information content (AvgIpc) is 3.18. The van der Waals surface area contributed by atoms with E-state index in [0.29, 0.717) is 15.8 Å². The van der Waals surface area contributed by atoms with Gasteiger partial charge in [0.25, 0.3) is 0 Å². The maximum atomic E-state index is 6.35. The number of ether oxygens (including phenoxy) is 1. The Morgan fingerprint density at radius 3 is 2.20 bits per heavy atom. The molecule has 0 amide bonds. The Labute approximate surface area is 189 Å². The van der Waals surface area contributed by atoms with Gasteiger partial charge in [-0.1, -0.05) is 58.7 Å². The molecular weight excluding hydrogens is 437 g/mol. The molecule has 0 radical (unpaired) electrons. The maximum Gasteiger partial charge on any atom is 0.196 e. The predicted molar refractivity (Wildman–Crippen MR) is 124 cm³/mol. The Hall–Kier alpha value is -2.47. The quantitative estimate of drug-likeness (QED) is 0.298. The third-order valence-corrected chi connectivity index (χ3v) is 6.34. The zero-order valence-corrected chi connectivity index (χ0v) is 18.8. The van der Waals surface area contributed by atoms with Gasteiger partial charge < -0.3 is 4.74 Å². The second-order valence-corrected chi connectivity index (χ2v) is 8.45. The van der Waals surface area contributed by atoms with Gasteiger partial charge in [0, 0.05) is 27.0 Å². The van der Waals surface area contributed by atoms with Gasteiger partial charge in [-0.3, -0.25) is 4.57 Å². The molecule has 0 aliphatic carbocycles. The molecule has 0 spiro atoms. The van der Waals surface area contributed by atoms with Gasteiger partial charge in [-0.15, -0.1) is 10.2 Å². The van der Waals surface area contributed by atoms with E-state index in [2.05, 4.69) is 46.0 Å². The third-order valence-electron chi connectivity index (χ3n) is 4.68. The molecule has 7 heteroatoms. The van der Waals surface area contributed by atoms with E-state index in [0.717, 1.165) is 33.5 Å². The van der Waals surface area contributed by atoms with Crippen molar-refractivity contribution in [3.63, 3.8) is 0 Å². The highest BCUT2D eigenvalue weighted by Gasteiger charge is 2.17. The fourth-order valence-electron chi connectivity index (χ4n) is 3.02. The summed E-state index contributed by atoms with van der Waals surface area (Å²) < 4.78 is 7.33. The van der Waals surface area contributed by atoms with Gasteiger partial charge in [0.15, 0.2) is 11.0 Å². The molecule has 1 heterocycles. The van der Waals surface area contributed by atoms with E-state index in [1.165, 1.54) is 5.56 Å². The van der Waals surface area contributed by atoms with Crippen LogP contribution in [0.3, 0.4) is 0 Å². The molecular formula is C23H19Cl2N3OS. The number of thioether (sulfide) groups is 1. The number of aryl methyl sites for hydroxylation is 1. The number of hydrogen-bond donors (Lipinski definition) is 0. The molecule has 1 aromatic heterocycles. The second-order valence-electron chi connectivity index (χ2n) is 6.69. The first kappa shape index (κ1) is 20.8. The van der Waals surface area contributed by atoms with Gasteiger partial charge in [-0.05, 0) is 61.0 Å². The Morgan fingerprint density at radius 1 is 0.900 bits per heavy atom. The molecule has 0 fully saturated rings. The highest BCUT2D eigenvalue weighted by atomic mass is 35.5. The van der Waals surface area contributed by atoms with Crippen molar-refractivity contribution < 1.29 is 4.74 Å². The fourth-order valence-corrected chi connectivity index (χ4v) is 4.72. The number of aromatic nitrogens is 3. The van der Waals surface area contributed by atoms with Crippen molar-refractivity contribution in [2.24, 2.45) is 0 Å². The van der Waals surface area contributed by atoms with Crippen molar-refractivity contribution in [2.75, 3.05) is 7.11 Å². The van der Waals surface area contributed by atoms with Crippen molar-refractivity contribution in [2.45, 2.75) is 17.8 Å². The average molecular weight is 456 g/mol. The van der Waals surface area contributed by atoms with Crippen LogP contribution in [0.1, 0.15) is 11.1 Å². The Balaban J connectivity index is 1.74. The number of methoxy groups -OCH3 is 1. The van der Waals surface area contributed by atoms with E-state index in [1.807, 2.05) is 42.5 Å². The molecule has 0 atom stereocenters. The van der Waals surface area contributed by atoms with Gasteiger partial charge in [-0.25, -0.2) is 0 Å². The Morgan fingerprint density at radius 2 is 1.57 bits per heavy atom. The van der Waals surface area contributed by atoms with E-state index >= 15 is 0 Å². The summed E-state index contributed by atoms with van der Waals surface area (Å²) >= 11 is 14.2. The predicted octanol–water partition coefficient (Wildman–Crippen LogP) is 6.85. The summed E-state index contributed by atoms with van der Waals surface area (Å²) in [6.07, 6.45) is 0. The first-order valence-electron chi connectivity index (χ1n) is 9.29. The summed E-state index contributed by atoms with van der Waals surface area (Å²) in [4.78, 5) is 0. The molecule has 0 bridgehead atoms. The lowest BCUT2D eigenvalue weighted by molar-refractivity contribution is 0.415. The minimum atomic E-state index is 0.588. The second kappa shape index (κ2) is 9.13. The number of hydrogen-bond acceptors (Lipinski definition) is 4. The topological polar surface area (TPSA) is 39.9 Å². The number of rotatable bonds is 6. The number of halogens is 2. The third kappa shape index (κ3) is 4.33. The summed E-state index contributed by atoms with van der Waals surface area (Å²) in [5, 5.41) is 11.0. The molecule has 0 unspecified atom stereocenters. The monoisotopic (exact) mass is 455 g/mol. The molecule has 0 saturated carbocycles. The van der Waals surface area contributed by atoms with Crippen molar-refractivity contribution in [3.05, 3.63) is 87.9 Å². The lowest BCUT2D eigenvalue weighted by Crippen LogP contribution is -2.00. The Kier molecular flexibility index (Phi) is 6.32. The first-order valence-corrected chi connectivity index (χ1v) is 11.0. The van der Waals surface area contributed by atoms with E-state index in [9.17, 15) is 0 Å². The van der Waals surface area contributed by atoms with Crippen LogP contribution in [0.25, 0.3) is 17.1 Å². The van der Waals surface area contributed by atoms with Gasteiger partial charge in [0.2, 0.25) is 0 Å². The van der Waals surface area contributed by atoms with Crippen molar-refractivity contribution in [1.82, 2.24) is 14.8 Å². The van der Waals surface area contributed by atoms with Gasteiger partial charge in [0.1, 0.15) is 5.75 Å². The number of benzene rings is 3. The summed E-state index contributed by atoms with van der Waals surface area (Å²) in [6, 6.07) is 21.6. The highest BCUT2D eigenvalue weighted by molar-refractivity contribution is 7.98. The summed E-state index contributed by atoms with van der Waals surface area (Å²) in [6.45, 7) is 2.06. The van der Waals surface area contributed by atoms with E-state index in [4.69, 9.17) is 27.9 Å². The Bertz CT molecular complexity index is 1140. The summed E-state index contributed by atoms with van der Waals surface area (Å²) in [5.74, 6) is 2.14. The molecule has 4 rings (SSSR count). The normalized spacial score (nSPS) is 10.9. The van der Waals surface area contributed by atoms with Crippen LogP contribution < -0.4 is 4.74 Å². The molecule has 4 aromatic rings. The molecule has 3 aromatic carbocycles. The molecule has 0 aliphatic heterocycles. The van der Waals surface area contributed by atoms with Crippen LogP contribution in [0.2, 0.25) is 10.0 Å². The van der Waals surface area contributed by atoms with Crippen LogP contribution in [0.4, 0.5) is 0 Å². The fraction of sp³-hybridized carbons (Fsp3) is 0.130. The van der Waals surface area contributed by atoms with Crippen LogP contribution in [0.15, 0.2) is 71.9 Å². The molecule has 0 aliphatic rings. The standard InChI is InChI=1S/C23H19Cl2N3OS/c1-15-6-10-17(11-7-15)28-22(16-8-12-18(29-2)13-9-16)26-27-23(28)30-14-19-20(24)4-3-5-21(19)25/h3-13H,14H2,1-2H3. The lowest BCUT2D eigenvalue weighted by atomic mass is 10.2. The lowest BCUT2D eigenvalue weighted by Gasteiger charge is -2.12. The first-order chi connectivity index (χ1) is 14.6. The molecule has 0 N–H and O–H groups in total. The SMILES string of the molecule is COc1ccc(-c2nnc(SCc3c(Cl)cccc3Cl)n2-c2ccc(C)cc2)cc1. The zero-order chi connectivity index (χ0) is 21.1. The van der Waals surface area contributed by atoms with Gasteiger partial charge in [0.05, 0.1) is 7.11 Å². The van der Waals surface area contributed by atoms with Crippen LogP contribution in [0, 0.1) is 6.92 Å². The largest absolute Gasteiger partial charge is 0.497 e. The minimum absolute atomic E-state index is 0.588. The van der Waals surface area contributed by atoms with Gasteiger partial charge >= 0.3 is 0 Å². The van der Waals surface area contributed by atoms with Crippen molar-refractivity contribution in [3.8, 4) is 22.8 Å². The van der Waals surface area contributed by atoms with Gasteiger partial charge in [-0.2, -0.15) is 0 Å². The molecule has 152 valence electrons. The zero-order valence-electron chi connectivity index (χ0n) is 16.5. The van der Waals surface area contributed by atoms with Crippen LogP contribution in [-0.2, 0) is 5.75 Å². The molecule has 0 saturated heterocycles. The molecule has 30 heavy (non-hydrogen) atoms. The molecule has 4 nitrogen and oxygen atoms in total. The van der Waals surface area contributed by atoms with Crippen LogP contribution in [0.5, 0.6) is 5.75 Å². The van der Waals surface area contributed by atoms with Crippen molar-refractivity contribution >= 4 is 35.0 Å². The van der Waals surface area contributed by atoms with E-state index < -0.39 is 0 Å². The maximum absolute atomic E-state index is 6.35.